The van der Waals surface area contributed by atoms with Crippen molar-refractivity contribution in [3.05, 3.63) is 23.4 Å². The molecule has 1 aromatic rings. The zero-order chi connectivity index (χ0) is 17.9. The van der Waals surface area contributed by atoms with Crippen LogP contribution in [0.15, 0.2) is 12.1 Å². The van der Waals surface area contributed by atoms with Gasteiger partial charge in [0.15, 0.2) is 0 Å². The fourth-order valence-electron chi connectivity index (χ4n) is 3.08. The van der Waals surface area contributed by atoms with Crippen LogP contribution in [-0.4, -0.2) is 60.3 Å². The second-order valence-electron chi connectivity index (χ2n) is 7.15. The van der Waals surface area contributed by atoms with Crippen LogP contribution in [0.5, 0.6) is 0 Å². The van der Waals surface area contributed by atoms with Gasteiger partial charge in [-0.25, -0.2) is 9.78 Å². The zero-order valence-corrected chi connectivity index (χ0v) is 15.5. The molecule has 0 amide bonds. The van der Waals surface area contributed by atoms with Crippen molar-refractivity contribution in [3.8, 4) is 0 Å². The van der Waals surface area contributed by atoms with Gasteiger partial charge in [0.2, 0.25) is 0 Å². The minimum atomic E-state index is -0.358. The highest BCUT2D eigenvalue weighted by Gasteiger charge is 2.33. The van der Waals surface area contributed by atoms with Crippen molar-refractivity contribution in [2.24, 2.45) is 0 Å². The van der Waals surface area contributed by atoms with Gasteiger partial charge in [0.05, 0.1) is 30.6 Å². The van der Waals surface area contributed by atoms with Gasteiger partial charge in [0, 0.05) is 25.2 Å². The molecule has 24 heavy (non-hydrogen) atoms. The molecule has 1 N–H and O–H groups in total. The Morgan fingerprint density at radius 2 is 2.00 bits per heavy atom. The van der Waals surface area contributed by atoms with Crippen LogP contribution in [0.1, 0.15) is 43.7 Å². The standard InChI is InChI=1S/C18H29N3O3/c1-12-9-21(10-13(2)24-12)18(4,5)11-19-16-8-7-15(14(3)20-16)17(22)23-6/h7-8,12-13H,9-11H2,1-6H3,(H,19,20). The van der Waals surface area contributed by atoms with Crippen molar-refractivity contribution < 1.29 is 14.3 Å². The van der Waals surface area contributed by atoms with Gasteiger partial charge < -0.3 is 14.8 Å². The average Bonchev–Trinajstić information content (AvgIpc) is 2.51. The van der Waals surface area contributed by atoms with E-state index in [-0.39, 0.29) is 23.7 Å². The monoisotopic (exact) mass is 335 g/mol. The van der Waals surface area contributed by atoms with E-state index in [4.69, 9.17) is 9.47 Å². The SMILES string of the molecule is COC(=O)c1ccc(NCC(C)(C)N2CC(C)OC(C)C2)nc1C. The number of carbonyl (C=O) groups is 1. The lowest BCUT2D eigenvalue weighted by atomic mass is 10.00. The molecule has 0 aliphatic carbocycles. The number of nitrogens with zero attached hydrogens (tertiary/aromatic N) is 2. The van der Waals surface area contributed by atoms with Crippen LogP contribution < -0.4 is 5.32 Å². The highest BCUT2D eigenvalue weighted by molar-refractivity contribution is 5.90. The van der Waals surface area contributed by atoms with Crippen molar-refractivity contribution in [1.82, 2.24) is 9.88 Å². The van der Waals surface area contributed by atoms with Crippen LogP contribution in [0, 0.1) is 6.92 Å². The topological polar surface area (TPSA) is 63.7 Å². The predicted octanol–water partition coefficient (Wildman–Crippen LogP) is 2.48. The molecule has 134 valence electrons. The van der Waals surface area contributed by atoms with E-state index in [1.807, 2.05) is 13.0 Å². The quantitative estimate of drug-likeness (QED) is 0.834. The summed E-state index contributed by atoms with van der Waals surface area (Å²) in [5, 5.41) is 3.39. The first-order valence-electron chi connectivity index (χ1n) is 8.43. The fraction of sp³-hybridized carbons (Fsp3) is 0.667. The van der Waals surface area contributed by atoms with Crippen LogP contribution >= 0.6 is 0 Å². The minimum Gasteiger partial charge on any atom is -0.465 e. The summed E-state index contributed by atoms with van der Waals surface area (Å²) in [7, 11) is 1.38. The summed E-state index contributed by atoms with van der Waals surface area (Å²) in [6.45, 7) is 13.1. The molecule has 1 saturated heterocycles. The van der Waals surface area contributed by atoms with Crippen molar-refractivity contribution in [2.45, 2.75) is 52.4 Å². The summed E-state index contributed by atoms with van der Waals surface area (Å²) in [5.41, 5.74) is 1.14. The number of anilines is 1. The zero-order valence-electron chi connectivity index (χ0n) is 15.5. The van der Waals surface area contributed by atoms with Gasteiger partial charge in [-0.15, -0.1) is 0 Å². The fourth-order valence-corrected chi connectivity index (χ4v) is 3.08. The van der Waals surface area contributed by atoms with Crippen LogP contribution in [0.3, 0.4) is 0 Å². The Morgan fingerprint density at radius 1 is 1.38 bits per heavy atom. The molecular weight excluding hydrogens is 306 g/mol. The van der Waals surface area contributed by atoms with Crippen LogP contribution in [-0.2, 0) is 9.47 Å². The number of rotatable bonds is 5. The molecule has 2 unspecified atom stereocenters. The van der Waals surface area contributed by atoms with E-state index in [1.165, 1.54) is 7.11 Å². The third kappa shape index (κ3) is 4.45. The lowest BCUT2D eigenvalue weighted by molar-refractivity contribution is -0.0933. The van der Waals surface area contributed by atoms with E-state index < -0.39 is 0 Å². The van der Waals surface area contributed by atoms with E-state index >= 15 is 0 Å². The summed E-state index contributed by atoms with van der Waals surface area (Å²) in [6.07, 6.45) is 0.487. The number of methoxy groups -OCH3 is 1. The molecule has 1 aromatic heterocycles. The smallest absolute Gasteiger partial charge is 0.339 e. The molecule has 0 spiro atoms. The largest absolute Gasteiger partial charge is 0.465 e. The number of aryl methyl sites for hydroxylation is 1. The number of aromatic nitrogens is 1. The summed E-state index contributed by atoms with van der Waals surface area (Å²) in [4.78, 5) is 18.5. The van der Waals surface area contributed by atoms with Gasteiger partial charge in [-0.1, -0.05) is 0 Å². The Bertz CT molecular complexity index is 579. The second kappa shape index (κ2) is 7.49. The minimum absolute atomic E-state index is 0.0249. The number of carbonyl (C=O) groups excluding carboxylic acids is 1. The summed E-state index contributed by atoms with van der Waals surface area (Å²) in [5.74, 6) is 0.408. The maximum Gasteiger partial charge on any atom is 0.339 e. The first-order valence-corrected chi connectivity index (χ1v) is 8.43. The number of hydrogen-bond donors (Lipinski definition) is 1. The Kier molecular flexibility index (Phi) is 5.83. The second-order valence-corrected chi connectivity index (χ2v) is 7.15. The van der Waals surface area contributed by atoms with E-state index in [1.54, 1.807) is 6.07 Å². The molecule has 0 bridgehead atoms. The lowest BCUT2D eigenvalue weighted by Gasteiger charge is -2.45. The first kappa shape index (κ1) is 18.7. The first-order chi connectivity index (χ1) is 11.2. The van der Waals surface area contributed by atoms with Crippen molar-refractivity contribution in [3.63, 3.8) is 0 Å². The number of hydrogen-bond acceptors (Lipinski definition) is 6. The Balaban J connectivity index is 2.01. The van der Waals surface area contributed by atoms with E-state index in [0.29, 0.717) is 11.3 Å². The highest BCUT2D eigenvalue weighted by Crippen LogP contribution is 2.22. The van der Waals surface area contributed by atoms with Crippen molar-refractivity contribution in [2.75, 3.05) is 32.1 Å². The summed E-state index contributed by atoms with van der Waals surface area (Å²) < 4.78 is 10.6. The van der Waals surface area contributed by atoms with Gasteiger partial charge in [0.25, 0.3) is 0 Å². The number of pyridine rings is 1. The average molecular weight is 335 g/mol. The number of esters is 1. The number of ether oxygens (including phenoxy) is 2. The Hall–Kier alpha value is -1.66. The number of nitrogens with one attached hydrogen (secondary N) is 1. The van der Waals surface area contributed by atoms with E-state index in [0.717, 1.165) is 25.5 Å². The molecule has 6 heteroatoms. The van der Waals surface area contributed by atoms with E-state index in [9.17, 15) is 4.79 Å². The Labute approximate surface area is 144 Å². The summed E-state index contributed by atoms with van der Waals surface area (Å²) in [6, 6.07) is 3.57. The maximum absolute atomic E-state index is 11.6. The van der Waals surface area contributed by atoms with Crippen molar-refractivity contribution >= 4 is 11.8 Å². The summed E-state index contributed by atoms with van der Waals surface area (Å²) >= 11 is 0. The predicted molar refractivity (Wildman–Crippen MR) is 94.5 cm³/mol. The van der Waals surface area contributed by atoms with Crippen LogP contribution in [0.2, 0.25) is 0 Å². The molecule has 2 heterocycles. The third-order valence-electron chi connectivity index (χ3n) is 4.47. The van der Waals surface area contributed by atoms with Gasteiger partial charge in [0.1, 0.15) is 5.82 Å². The molecule has 1 aliphatic rings. The van der Waals surface area contributed by atoms with E-state index in [2.05, 4.69) is 42.9 Å². The highest BCUT2D eigenvalue weighted by atomic mass is 16.5. The molecule has 1 aliphatic heterocycles. The molecular formula is C18H29N3O3. The Morgan fingerprint density at radius 3 is 2.54 bits per heavy atom. The number of morpholine rings is 1. The molecule has 6 nitrogen and oxygen atoms in total. The van der Waals surface area contributed by atoms with Gasteiger partial charge in [-0.05, 0) is 46.8 Å². The van der Waals surface area contributed by atoms with Gasteiger partial charge in [-0.2, -0.15) is 0 Å². The normalized spacial score (nSPS) is 22.2. The molecule has 0 radical (unpaired) electrons. The molecule has 2 rings (SSSR count). The van der Waals surface area contributed by atoms with Crippen molar-refractivity contribution in [1.29, 1.82) is 0 Å². The van der Waals surface area contributed by atoms with Gasteiger partial charge in [-0.3, -0.25) is 4.90 Å². The maximum atomic E-state index is 11.6. The third-order valence-corrected chi connectivity index (χ3v) is 4.47. The molecule has 0 aromatic carbocycles. The van der Waals surface area contributed by atoms with Crippen LogP contribution in [0.4, 0.5) is 5.82 Å². The molecule has 0 saturated carbocycles. The van der Waals surface area contributed by atoms with Gasteiger partial charge >= 0.3 is 5.97 Å². The molecule has 1 fully saturated rings. The van der Waals surface area contributed by atoms with Crippen LogP contribution in [0.25, 0.3) is 0 Å². The molecule has 2 atom stereocenters. The lowest BCUT2D eigenvalue weighted by Crippen LogP contribution is -2.57.